The SMILES string of the molecule is COc1ccc2cc(C(=O)Cn3cc(CN/C(C)=C4\C(=O)C=C5Oc6c(C(C)=O)c(O)c(C)c(O)c6C5(C)C4=O)nn3)ccc2c1. The average Bonchev–Trinajstić information content (AvgIpc) is 3.60. The predicted molar refractivity (Wildman–Crippen MR) is 165 cm³/mol. The molecule has 234 valence electrons. The number of benzene rings is 3. The molecule has 12 heteroatoms. The van der Waals surface area contributed by atoms with Gasteiger partial charge in [-0.05, 0) is 56.7 Å². The third-order valence-corrected chi connectivity index (χ3v) is 8.56. The molecule has 6 rings (SSSR count). The number of nitrogens with one attached hydrogen (secondary N) is 1. The number of carbonyl (C=O) groups is 4. The lowest BCUT2D eigenvalue weighted by Gasteiger charge is -2.29. The van der Waals surface area contributed by atoms with E-state index in [0.29, 0.717) is 11.3 Å². The van der Waals surface area contributed by atoms with E-state index >= 15 is 0 Å². The third kappa shape index (κ3) is 4.69. The minimum absolute atomic E-state index is 0.0146. The number of fused-ring (bicyclic) bond motifs is 4. The first-order valence-electron chi connectivity index (χ1n) is 14.4. The van der Waals surface area contributed by atoms with E-state index in [9.17, 15) is 29.4 Å². The van der Waals surface area contributed by atoms with Gasteiger partial charge in [0.15, 0.2) is 23.1 Å². The van der Waals surface area contributed by atoms with Crippen LogP contribution in [0, 0.1) is 6.92 Å². The Morgan fingerprint density at radius 1 is 1.07 bits per heavy atom. The minimum atomic E-state index is -1.62. The number of aromatic nitrogens is 3. The summed E-state index contributed by atoms with van der Waals surface area (Å²) in [7, 11) is 1.60. The van der Waals surface area contributed by atoms with E-state index in [1.54, 1.807) is 26.3 Å². The topological polar surface area (TPSA) is 170 Å². The number of phenols is 2. The van der Waals surface area contributed by atoms with Crippen LogP contribution in [0.2, 0.25) is 0 Å². The quantitative estimate of drug-likeness (QED) is 0.147. The van der Waals surface area contributed by atoms with Gasteiger partial charge in [0, 0.05) is 22.9 Å². The van der Waals surface area contributed by atoms with Crippen LogP contribution < -0.4 is 14.8 Å². The second-order valence-corrected chi connectivity index (χ2v) is 11.5. The molecule has 2 heterocycles. The Morgan fingerprint density at radius 2 is 1.78 bits per heavy atom. The van der Waals surface area contributed by atoms with E-state index in [1.807, 2.05) is 30.3 Å². The molecular formula is C34H30N4O8. The summed E-state index contributed by atoms with van der Waals surface area (Å²) in [6, 6.07) is 11.0. The van der Waals surface area contributed by atoms with E-state index in [-0.39, 0.29) is 58.3 Å². The molecule has 1 aliphatic carbocycles. The van der Waals surface area contributed by atoms with Crippen LogP contribution in [-0.4, -0.2) is 55.4 Å². The molecule has 4 aromatic rings. The van der Waals surface area contributed by atoms with Crippen LogP contribution in [-0.2, 0) is 28.1 Å². The maximum atomic E-state index is 14.0. The van der Waals surface area contributed by atoms with Crippen molar-refractivity contribution in [1.29, 1.82) is 0 Å². The molecule has 2 aliphatic rings. The highest BCUT2D eigenvalue weighted by Gasteiger charge is 2.56. The van der Waals surface area contributed by atoms with Gasteiger partial charge in [-0.1, -0.05) is 23.4 Å². The molecule has 3 aromatic carbocycles. The first-order chi connectivity index (χ1) is 21.8. The summed E-state index contributed by atoms with van der Waals surface area (Å²) >= 11 is 0. The largest absolute Gasteiger partial charge is 0.507 e. The summed E-state index contributed by atoms with van der Waals surface area (Å²) in [4.78, 5) is 52.5. The van der Waals surface area contributed by atoms with Gasteiger partial charge in [-0.15, -0.1) is 5.10 Å². The van der Waals surface area contributed by atoms with Crippen LogP contribution in [0.15, 0.2) is 65.7 Å². The first kappa shape index (κ1) is 30.3. The smallest absolute Gasteiger partial charge is 0.194 e. The van der Waals surface area contributed by atoms with Crippen molar-refractivity contribution in [3.05, 3.63) is 93.6 Å². The van der Waals surface area contributed by atoms with Crippen molar-refractivity contribution in [2.24, 2.45) is 0 Å². The number of phenolic OH excluding ortho intramolecular Hbond substituents is 2. The van der Waals surface area contributed by atoms with Gasteiger partial charge < -0.3 is 25.0 Å². The number of allylic oxidation sites excluding steroid dienone is 4. The summed E-state index contributed by atoms with van der Waals surface area (Å²) in [5, 5.41) is 34.6. The van der Waals surface area contributed by atoms with Gasteiger partial charge in [0.2, 0.25) is 0 Å². The van der Waals surface area contributed by atoms with Crippen molar-refractivity contribution >= 4 is 33.9 Å². The average molecular weight is 623 g/mol. The summed E-state index contributed by atoms with van der Waals surface area (Å²) in [5.74, 6) is -2.27. The molecule has 0 amide bonds. The second-order valence-electron chi connectivity index (χ2n) is 11.5. The van der Waals surface area contributed by atoms with Gasteiger partial charge in [-0.2, -0.15) is 0 Å². The van der Waals surface area contributed by atoms with Gasteiger partial charge in [-0.25, -0.2) is 4.68 Å². The Hall–Kier alpha value is -5.78. The second kappa shape index (κ2) is 11.0. The predicted octanol–water partition coefficient (Wildman–Crippen LogP) is 3.99. The molecule has 1 aliphatic heterocycles. The summed E-state index contributed by atoms with van der Waals surface area (Å²) < 4.78 is 12.5. The zero-order chi connectivity index (χ0) is 33.1. The van der Waals surface area contributed by atoms with Crippen molar-refractivity contribution in [2.45, 2.75) is 46.2 Å². The number of hydrogen-bond donors (Lipinski definition) is 3. The Morgan fingerprint density at radius 3 is 2.50 bits per heavy atom. The number of Topliss-reactive ketones (excluding diaryl/α,β-unsaturated/α-hetero) is 3. The number of ketones is 4. The molecule has 0 fully saturated rings. The van der Waals surface area contributed by atoms with Crippen LogP contribution in [0.25, 0.3) is 10.8 Å². The van der Waals surface area contributed by atoms with Crippen molar-refractivity contribution in [2.75, 3.05) is 7.11 Å². The molecule has 12 nitrogen and oxygen atoms in total. The number of rotatable bonds is 8. The third-order valence-electron chi connectivity index (χ3n) is 8.56. The van der Waals surface area contributed by atoms with Crippen molar-refractivity contribution in [3.63, 3.8) is 0 Å². The monoisotopic (exact) mass is 622 g/mol. The first-order valence-corrected chi connectivity index (χ1v) is 14.4. The number of hydrogen-bond acceptors (Lipinski definition) is 11. The molecular weight excluding hydrogens is 592 g/mol. The summed E-state index contributed by atoms with van der Waals surface area (Å²) in [6.07, 6.45) is 2.75. The van der Waals surface area contributed by atoms with Gasteiger partial charge in [-0.3, -0.25) is 19.2 Å². The zero-order valence-electron chi connectivity index (χ0n) is 25.7. The van der Waals surface area contributed by atoms with Crippen molar-refractivity contribution in [3.8, 4) is 23.0 Å². The lowest BCUT2D eigenvalue weighted by atomic mass is 9.70. The molecule has 1 unspecified atom stereocenters. The lowest BCUT2D eigenvalue weighted by molar-refractivity contribution is -0.123. The fourth-order valence-electron chi connectivity index (χ4n) is 5.93. The van der Waals surface area contributed by atoms with Crippen molar-refractivity contribution < 1.29 is 38.9 Å². The Balaban J connectivity index is 1.21. The number of ether oxygens (including phenoxy) is 2. The van der Waals surface area contributed by atoms with Gasteiger partial charge in [0.25, 0.3) is 0 Å². The van der Waals surface area contributed by atoms with Crippen LogP contribution in [0.5, 0.6) is 23.0 Å². The fourth-order valence-corrected chi connectivity index (χ4v) is 5.93. The fraction of sp³-hybridized carbons (Fsp3) is 0.235. The molecule has 0 bridgehead atoms. The maximum Gasteiger partial charge on any atom is 0.194 e. The molecule has 46 heavy (non-hydrogen) atoms. The van der Waals surface area contributed by atoms with E-state index in [4.69, 9.17) is 9.47 Å². The normalized spacial score (nSPS) is 18.1. The number of methoxy groups -OCH3 is 1. The standard InChI is InChI=1S/C34H30N4O8/c1-16-30(42)28(18(3)39)32-29(31(16)43)34(4)26(46-32)12-24(40)27(33(34)44)17(2)35-13-22-14-38(37-36-22)15-25(41)21-7-6-20-11-23(45-5)9-8-19(20)10-21/h6-12,14,35,42-43H,13,15H2,1-5H3/b27-17+. The van der Waals surface area contributed by atoms with Crippen molar-refractivity contribution in [1.82, 2.24) is 20.3 Å². The maximum absolute atomic E-state index is 14.0. The van der Waals surface area contributed by atoms with E-state index in [2.05, 4.69) is 15.6 Å². The van der Waals surface area contributed by atoms with Gasteiger partial charge >= 0.3 is 0 Å². The van der Waals surface area contributed by atoms with E-state index < -0.39 is 34.3 Å². The highest BCUT2D eigenvalue weighted by Crippen LogP contribution is 2.57. The van der Waals surface area contributed by atoms with Gasteiger partial charge in [0.05, 0.1) is 31.0 Å². The lowest BCUT2D eigenvalue weighted by Crippen LogP contribution is -2.41. The molecule has 0 radical (unpaired) electrons. The highest BCUT2D eigenvalue weighted by atomic mass is 16.5. The molecule has 0 saturated carbocycles. The highest BCUT2D eigenvalue weighted by molar-refractivity contribution is 6.31. The van der Waals surface area contributed by atoms with Gasteiger partial charge in [0.1, 0.15) is 52.0 Å². The molecule has 1 atom stereocenters. The molecule has 3 N–H and O–H groups in total. The Kier molecular flexibility index (Phi) is 7.22. The zero-order valence-corrected chi connectivity index (χ0v) is 25.7. The van der Waals surface area contributed by atoms with Crippen LogP contribution in [0.3, 0.4) is 0 Å². The van der Waals surface area contributed by atoms with Crippen LogP contribution in [0.1, 0.15) is 58.3 Å². The Bertz CT molecular complexity index is 2090. The molecule has 0 spiro atoms. The number of nitrogens with zero attached hydrogens (tertiary/aromatic N) is 3. The van der Waals surface area contributed by atoms with Crippen LogP contribution in [0.4, 0.5) is 0 Å². The summed E-state index contributed by atoms with van der Waals surface area (Å²) in [6.45, 7) is 5.77. The summed E-state index contributed by atoms with van der Waals surface area (Å²) in [5.41, 5.74) is -0.691. The van der Waals surface area contributed by atoms with E-state index in [0.717, 1.165) is 22.6 Å². The van der Waals surface area contributed by atoms with E-state index in [1.165, 1.54) is 25.5 Å². The number of aromatic hydroxyl groups is 2. The molecule has 1 aromatic heterocycles. The minimum Gasteiger partial charge on any atom is -0.507 e. The molecule has 0 saturated heterocycles. The van der Waals surface area contributed by atoms with Crippen LogP contribution >= 0.6 is 0 Å². The Labute approximate surface area is 262 Å². The number of carbonyl (C=O) groups excluding carboxylic acids is 4.